The number of anilines is 1. The van der Waals surface area contributed by atoms with E-state index in [9.17, 15) is 9.59 Å². The minimum absolute atomic E-state index is 0.0160. The Kier molecular flexibility index (Phi) is 4.13. The first-order valence-corrected chi connectivity index (χ1v) is 5.52. The zero-order chi connectivity index (χ0) is 14.0. The molecule has 0 unspecified atom stereocenters. The number of rotatable bonds is 2. The standard InChI is InChI=1S/C11H15ClN4O2/c1-15(2)10(17)7-5-6(12)8(13)9(14-7)11(18)16(3)4/h5H,13H2,1-4H3. The Morgan fingerprint density at radius 3 is 2.11 bits per heavy atom. The van der Waals surface area contributed by atoms with Crippen LogP contribution in [0, 0.1) is 0 Å². The summed E-state index contributed by atoms with van der Waals surface area (Å²) in [6.45, 7) is 0. The topological polar surface area (TPSA) is 79.5 Å². The van der Waals surface area contributed by atoms with E-state index in [1.54, 1.807) is 28.2 Å². The fourth-order valence-electron chi connectivity index (χ4n) is 1.24. The van der Waals surface area contributed by atoms with E-state index in [2.05, 4.69) is 4.98 Å². The Labute approximate surface area is 110 Å². The molecule has 2 amide bonds. The van der Waals surface area contributed by atoms with Gasteiger partial charge in [0.2, 0.25) is 0 Å². The lowest BCUT2D eigenvalue weighted by atomic mass is 10.2. The number of halogens is 1. The maximum Gasteiger partial charge on any atom is 0.274 e. The molecule has 1 aromatic rings. The molecule has 0 spiro atoms. The number of aromatic nitrogens is 1. The fraction of sp³-hybridized carbons (Fsp3) is 0.364. The van der Waals surface area contributed by atoms with E-state index >= 15 is 0 Å². The highest BCUT2D eigenvalue weighted by atomic mass is 35.5. The number of hydrogen-bond donors (Lipinski definition) is 1. The third-order valence-corrected chi connectivity index (χ3v) is 2.55. The molecule has 98 valence electrons. The second kappa shape index (κ2) is 5.22. The molecule has 18 heavy (non-hydrogen) atoms. The van der Waals surface area contributed by atoms with Crippen LogP contribution < -0.4 is 5.73 Å². The van der Waals surface area contributed by atoms with E-state index in [-0.39, 0.29) is 28.0 Å². The highest BCUT2D eigenvalue weighted by molar-refractivity contribution is 6.34. The Morgan fingerprint density at radius 2 is 1.67 bits per heavy atom. The maximum atomic E-state index is 11.9. The van der Waals surface area contributed by atoms with Gasteiger partial charge in [-0.1, -0.05) is 11.6 Å². The van der Waals surface area contributed by atoms with Crippen LogP contribution in [-0.2, 0) is 0 Å². The van der Waals surface area contributed by atoms with Crippen molar-refractivity contribution in [1.82, 2.24) is 14.8 Å². The summed E-state index contributed by atoms with van der Waals surface area (Å²) in [6.07, 6.45) is 0. The lowest BCUT2D eigenvalue weighted by molar-refractivity contribution is 0.0816. The second-order valence-corrected chi connectivity index (χ2v) is 4.56. The molecule has 0 saturated carbocycles. The van der Waals surface area contributed by atoms with Crippen molar-refractivity contribution in [3.8, 4) is 0 Å². The number of hydrogen-bond acceptors (Lipinski definition) is 4. The van der Waals surface area contributed by atoms with Gasteiger partial charge < -0.3 is 15.5 Å². The molecular weight excluding hydrogens is 256 g/mol. The Hall–Kier alpha value is -1.82. The zero-order valence-electron chi connectivity index (χ0n) is 10.7. The second-order valence-electron chi connectivity index (χ2n) is 4.15. The molecule has 6 nitrogen and oxygen atoms in total. The number of nitrogens with two attached hydrogens (primary N) is 1. The lowest BCUT2D eigenvalue weighted by Crippen LogP contribution is -2.27. The minimum Gasteiger partial charge on any atom is -0.396 e. The van der Waals surface area contributed by atoms with Gasteiger partial charge in [0.05, 0.1) is 10.7 Å². The summed E-state index contributed by atoms with van der Waals surface area (Å²) >= 11 is 5.91. The lowest BCUT2D eigenvalue weighted by Gasteiger charge is -2.15. The van der Waals surface area contributed by atoms with Gasteiger partial charge in [-0.05, 0) is 6.07 Å². The molecule has 0 aliphatic heterocycles. The summed E-state index contributed by atoms with van der Waals surface area (Å²) in [5.74, 6) is -0.743. The molecule has 0 atom stereocenters. The SMILES string of the molecule is CN(C)C(=O)c1cc(Cl)c(N)c(C(=O)N(C)C)n1. The van der Waals surface area contributed by atoms with Crippen LogP contribution in [0.15, 0.2) is 6.07 Å². The Bertz CT molecular complexity index is 500. The van der Waals surface area contributed by atoms with Crippen LogP contribution in [0.5, 0.6) is 0 Å². The monoisotopic (exact) mass is 270 g/mol. The molecule has 7 heteroatoms. The molecule has 1 aromatic heterocycles. The van der Waals surface area contributed by atoms with Crippen molar-refractivity contribution in [3.63, 3.8) is 0 Å². The van der Waals surface area contributed by atoms with Crippen LogP contribution >= 0.6 is 11.6 Å². The van der Waals surface area contributed by atoms with Crippen LogP contribution in [0.3, 0.4) is 0 Å². The average Bonchev–Trinajstić information content (AvgIpc) is 2.30. The van der Waals surface area contributed by atoms with Crippen LogP contribution in [0.25, 0.3) is 0 Å². The molecule has 0 saturated heterocycles. The van der Waals surface area contributed by atoms with Crippen LogP contribution in [0.2, 0.25) is 5.02 Å². The normalized spacial score (nSPS) is 10.1. The molecular formula is C11H15ClN4O2. The number of nitrogen functional groups attached to an aromatic ring is 1. The molecule has 0 radical (unpaired) electrons. The van der Waals surface area contributed by atoms with Crippen molar-refractivity contribution in [2.24, 2.45) is 0 Å². The summed E-state index contributed by atoms with van der Waals surface area (Å²) in [5.41, 5.74) is 5.85. The van der Waals surface area contributed by atoms with Gasteiger partial charge in [-0.25, -0.2) is 4.98 Å². The summed E-state index contributed by atoms with van der Waals surface area (Å²) < 4.78 is 0. The van der Waals surface area contributed by atoms with Crippen molar-refractivity contribution >= 4 is 29.1 Å². The van der Waals surface area contributed by atoms with Crippen LogP contribution in [0.1, 0.15) is 21.0 Å². The molecule has 1 rings (SSSR count). The Balaban J connectivity index is 3.36. The van der Waals surface area contributed by atoms with E-state index in [0.717, 1.165) is 0 Å². The molecule has 0 aromatic carbocycles. The molecule has 0 aliphatic carbocycles. The van der Waals surface area contributed by atoms with E-state index in [1.165, 1.54) is 15.9 Å². The fourth-order valence-corrected chi connectivity index (χ4v) is 1.43. The molecule has 2 N–H and O–H groups in total. The van der Waals surface area contributed by atoms with Gasteiger partial charge >= 0.3 is 0 Å². The highest BCUT2D eigenvalue weighted by Gasteiger charge is 2.20. The largest absolute Gasteiger partial charge is 0.396 e. The summed E-state index contributed by atoms with van der Waals surface area (Å²) in [5, 5.41) is 0.139. The van der Waals surface area contributed by atoms with E-state index in [0.29, 0.717) is 0 Å². The van der Waals surface area contributed by atoms with E-state index < -0.39 is 5.91 Å². The molecule has 0 aliphatic rings. The van der Waals surface area contributed by atoms with Gasteiger partial charge in [-0.3, -0.25) is 9.59 Å². The quantitative estimate of drug-likeness (QED) is 0.859. The van der Waals surface area contributed by atoms with Crippen LogP contribution in [0.4, 0.5) is 5.69 Å². The number of carbonyl (C=O) groups excluding carboxylic acids is 2. The minimum atomic E-state index is -0.400. The van der Waals surface area contributed by atoms with Gasteiger partial charge in [-0.15, -0.1) is 0 Å². The first kappa shape index (κ1) is 14.2. The number of carbonyl (C=O) groups is 2. The Morgan fingerprint density at radius 1 is 1.17 bits per heavy atom. The first-order chi connectivity index (χ1) is 8.25. The first-order valence-electron chi connectivity index (χ1n) is 5.15. The van der Waals surface area contributed by atoms with Crippen molar-refractivity contribution in [3.05, 3.63) is 22.5 Å². The van der Waals surface area contributed by atoms with Crippen molar-refractivity contribution in [2.75, 3.05) is 33.9 Å². The zero-order valence-corrected chi connectivity index (χ0v) is 11.4. The average molecular weight is 271 g/mol. The van der Waals surface area contributed by atoms with Gasteiger partial charge in [0.15, 0.2) is 5.69 Å². The number of nitrogens with zero attached hydrogens (tertiary/aromatic N) is 3. The number of amides is 2. The van der Waals surface area contributed by atoms with Gasteiger partial charge in [0.1, 0.15) is 5.69 Å². The predicted molar refractivity (Wildman–Crippen MR) is 69.7 cm³/mol. The molecule has 1 heterocycles. The van der Waals surface area contributed by atoms with Crippen molar-refractivity contribution < 1.29 is 9.59 Å². The summed E-state index contributed by atoms with van der Waals surface area (Å²) in [6, 6.07) is 1.35. The van der Waals surface area contributed by atoms with Gasteiger partial charge in [-0.2, -0.15) is 0 Å². The van der Waals surface area contributed by atoms with E-state index in [4.69, 9.17) is 17.3 Å². The highest BCUT2D eigenvalue weighted by Crippen LogP contribution is 2.23. The maximum absolute atomic E-state index is 11.9. The number of pyridine rings is 1. The van der Waals surface area contributed by atoms with Gasteiger partial charge in [0.25, 0.3) is 11.8 Å². The van der Waals surface area contributed by atoms with Crippen molar-refractivity contribution in [2.45, 2.75) is 0 Å². The predicted octanol–water partition coefficient (Wildman–Crippen LogP) is 0.721. The van der Waals surface area contributed by atoms with E-state index in [1.807, 2.05) is 0 Å². The third kappa shape index (κ3) is 2.70. The summed E-state index contributed by atoms with van der Waals surface area (Å²) in [7, 11) is 6.30. The third-order valence-electron chi connectivity index (χ3n) is 2.24. The van der Waals surface area contributed by atoms with Crippen LogP contribution in [-0.4, -0.2) is 54.8 Å². The molecule has 0 fully saturated rings. The van der Waals surface area contributed by atoms with Gasteiger partial charge in [0, 0.05) is 28.2 Å². The smallest absolute Gasteiger partial charge is 0.274 e. The van der Waals surface area contributed by atoms with Crippen molar-refractivity contribution in [1.29, 1.82) is 0 Å². The molecule has 0 bridgehead atoms. The summed E-state index contributed by atoms with van der Waals surface area (Å²) in [4.78, 5) is 30.3.